The van der Waals surface area contributed by atoms with E-state index in [1.165, 1.54) is 12.1 Å². The van der Waals surface area contributed by atoms with Crippen LogP contribution in [-0.4, -0.2) is 41.2 Å². The molecule has 1 aromatic rings. The van der Waals surface area contributed by atoms with E-state index in [0.29, 0.717) is 0 Å². The van der Waals surface area contributed by atoms with Crippen molar-refractivity contribution in [3.05, 3.63) is 24.3 Å². The number of urea groups is 1. The minimum absolute atomic E-state index is 0.0770. The summed E-state index contributed by atoms with van der Waals surface area (Å²) in [6.45, 7) is 1.16. The van der Waals surface area contributed by atoms with E-state index in [4.69, 9.17) is 0 Å². The predicted molar refractivity (Wildman–Crippen MR) is 83.1 cm³/mol. The van der Waals surface area contributed by atoms with Gasteiger partial charge in [-0.15, -0.1) is 13.2 Å². The summed E-state index contributed by atoms with van der Waals surface area (Å²) >= 11 is 0. The molecule has 0 bridgehead atoms. The Balaban J connectivity index is 1.59. The number of alkyl halides is 3. The molecule has 1 saturated heterocycles. The first-order chi connectivity index (χ1) is 12.1. The van der Waals surface area contributed by atoms with Crippen molar-refractivity contribution in [3.8, 4) is 5.75 Å². The fourth-order valence-corrected chi connectivity index (χ4v) is 2.88. The maximum Gasteiger partial charge on any atom is 0.573 e. The number of halogens is 3. The molecule has 1 aliphatic heterocycles. The molecular formula is C16H16F3N3O4. The van der Waals surface area contributed by atoms with Crippen molar-refractivity contribution in [1.29, 1.82) is 0 Å². The molecule has 1 saturated carbocycles. The molecule has 140 valence electrons. The maximum absolute atomic E-state index is 12.4. The minimum atomic E-state index is -4.80. The highest BCUT2D eigenvalue weighted by molar-refractivity contribution is 6.10. The van der Waals surface area contributed by atoms with E-state index in [0.717, 1.165) is 29.9 Å². The van der Waals surface area contributed by atoms with Crippen LogP contribution in [0.3, 0.4) is 0 Å². The van der Waals surface area contributed by atoms with Crippen molar-refractivity contribution < 1.29 is 32.3 Å². The van der Waals surface area contributed by atoms with Crippen LogP contribution < -0.4 is 15.4 Å². The number of amides is 4. The molecule has 2 aliphatic rings. The van der Waals surface area contributed by atoms with E-state index < -0.39 is 42.0 Å². The summed E-state index contributed by atoms with van der Waals surface area (Å²) in [6.07, 6.45) is -3.12. The van der Waals surface area contributed by atoms with E-state index in [-0.39, 0.29) is 11.6 Å². The number of carbonyl (C=O) groups excluding carboxylic acids is 3. The van der Waals surface area contributed by atoms with Crippen LogP contribution in [0.5, 0.6) is 5.75 Å². The van der Waals surface area contributed by atoms with Crippen LogP contribution in [0, 0.1) is 5.92 Å². The molecule has 4 amide bonds. The van der Waals surface area contributed by atoms with Gasteiger partial charge in [0.2, 0.25) is 5.91 Å². The number of nitrogens with zero attached hydrogens (tertiary/aromatic N) is 1. The first-order valence-electron chi connectivity index (χ1n) is 7.88. The molecule has 1 atom stereocenters. The van der Waals surface area contributed by atoms with Crippen LogP contribution in [0.4, 0.5) is 23.7 Å². The van der Waals surface area contributed by atoms with Crippen molar-refractivity contribution in [1.82, 2.24) is 10.2 Å². The molecule has 1 heterocycles. The van der Waals surface area contributed by atoms with Crippen LogP contribution in [0.15, 0.2) is 24.3 Å². The molecule has 0 radical (unpaired) electrons. The van der Waals surface area contributed by atoms with Crippen molar-refractivity contribution in [2.45, 2.75) is 31.7 Å². The Kier molecular flexibility index (Phi) is 4.29. The molecular weight excluding hydrogens is 355 g/mol. The third kappa shape index (κ3) is 3.73. The summed E-state index contributed by atoms with van der Waals surface area (Å²) in [5.41, 5.74) is -0.768. The zero-order valence-corrected chi connectivity index (χ0v) is 13.7. The summed E-state index contributed by atoms with van der Waals surface area (Å²) in [4.78, 5) is 37.3. The molecule has 1 aromatic carbocycles. The second kappa shape index (κ2) is 6.19. The van der Waals surface area contributed by atoms with Crippen LogP contribution in [0.25, 0.3) is 0 Å². The van der Waals surface area contributed by atoms with Crippen molar-refractivity contribution in [2.75, 3.05) is 11.9 Å². The number of imide groups is 1. The highest BCUT2D eigenvalue weighted by atomic mass is 19.4. The number of anilines is 1. The highest BCUT2D eigenvalue weighted by Crippen LogP contribution is 2.42. The Morgan fingerprint density at radius 2 is 1.92 bits per heavy atom. The number of hydrogen-bond acceptors (Lipinski definition) is 4. The SMILES string of the molecule is C[C@]1(C2CC2)NC(=O)N(CC(=O)Nc2ccc(OC(F)(F)F)cc2)C1=O. The lowest BCUT2D eigenvalue weighted by Crippen LogP contribution is -2.46. The monoisotopic (exact) mass is 371 g/mol. The van der Waals surface area contributed by atoms with Gasteiger partial charge >= 0.3 is 12.4 Å². The van der Waals surface area contributed by atoms with E-state index in [2.05, 4.69) is 15.4 Å². The third-order valence-corrected chi connectivity index (χ3v) is 4.37. The normalized spacial score (nSPS) is 23.0. The second-order valence-electron chi connectivity index (χ2n) is 6.42. The van der Waals surface area contributed by atoms with Gasteiger partial charge in [-0.25, -0.2) is 4.79 Å². The van der Waals surface area contributed by atoms with Crippen LogP contribution in [0.2, 0.25) is 0 Å². The third-order valence-electron chi connectivity index (χ3n) is 4.37. The lowest BCUT2D eigenvalue weighted by molar-refractivity contribution is -0.274. The highest BCUT2D eigenvalue weighted by Gasteiger charge is 2.56. The van der Waals surface area contributed by atoms with Gasteiger partial charge in [-0.2, -0.15) is 0 Å². The fraction of sp³-hybridized carbons (Fsp3) is 0.438. The lowest BCUT2D eigenvalue weighted by Gasteiger charge is -2.20. The Morgan fingerprint density at radius 1 is 1.31 bits per heavy atom. The van der Waals surface area contributed by atoms with Gasteiger partial charge < -0.3 is 15.4 Å². The van der Waals surface area contributed by atoms with Gasteiger partial charge in [-0.1, -0.05) is 0 Å². The summed E-state index contributed by atoms with van der Waals surface area (Å²) in [7, 11) is 0. The van der Waals surface area contributed by atoms with Gasteiger partial charge in [0.15, 0.2) is 0 Å². The number of benzene rings is 1. The average Bonchev–Trinajstić information content (AvgIpc) is 3.34. The summed E-state index contributed by atoms with van der Waals surface area (Å²) in [6, 6.07) is 3.90. The van der Waals surface area contributed by atoms with E-state index in [1.54, 1.807) is 6.92 Å². The summed E-state index contributed by atoms with van der Waals surface area (Å²) in [5, 5.41) is 5.05. The predicted octanol–water partition coefficient (Wildman–Crippen LogP) is 2.24. The zero-order chi connectivity index (χ0) is 19.1. The lowest BCUT2D eigenvalue weighted by atomic mass is 9.96. The van der Waals surface area contributed by atoms with Gasteiger partial charge in [0.05, 0.1) is 0 Å². The molecule has 1 aliphatic carbocycles. The van der Waals surface area contributed by atoms with E-state index in [1.807, 2.05) is 0 Å². The minimum Gasteiger partial charge on any atom is -0.406 e. The van der Waals surface area contributed by atoms with Gasteiger partial charge in [-0.3, -0.25) is 14.5 Å². The summed E-state index contributed by atoms with van der Waals surface area (Å²) < 4.78 is 40.1. The second-order valence-corrected chi connectivity index (χ2v) is 6.42. The molecule has 0 aromatic heterocycles. The number of hydrogen-bond donors (Lipinski definition) is 2. The molecule has 0 unspecified atom stereocenters. The number of ether oxygens (including phenoxy) is 1. The maximum atomic E-state index is 12.4. The van der Waals surface area contributed by atoms with Crippen molar-refractivity contribution >= 4 is 23.5 Å². The quantitative estimate of drug-likeness (QED) is 0.777. The molecule has 0 spiro atoms. The van der Waals surface area contributed by atoms with Gasteiger partial charge in [0.1, 0.15) is 17.8 Å². The Morgan fingerprint density at radius 3 is 2.46 bits per heavy atom. The molecule has 26 heavy (non-hydrogen) atoms. The van der Waals surface area contributed by atoms with Crippen molar-refractivity contribution in [3.63, 3.8) is 0 Å². The van der Waals surface area contributed by atoms with Crippen LogP contribution >= 0.6 is 0 Å². The number of carbonyl (C=O) groups is 3. The smallest absolute Gasteiger partial charge is 0.406 e. The topological polar surface area (TPSA) is 87.7 Å². The molecule has 2 fully saturated rings. The van der Waals surface area contributed by atoms with Crippen molar-refractivity contribution in [2.24, 2.45) is 5.92 Å². The van der Waals surface area contributed by atoms with Gasteiger partial charge in [-0.05, 0) is 49.9 Å². The number of nitrogens with one attached hydrogen (secondary N) is 2. The number of rotatable bonds is 5. The Hall–Kier alpha value is -2.78. The van der Waals surface area contributed by atoms with Crippen LogP contribution in [-0.2, 0) is 9.59 Å². The van der Waals surface area contributed by atoms with E-state index in [9.17, 15) is 27.6 Å². The Bertz CT molecular complexity index is 746. The van der Waals surface area contributed by atoms with Crippen LogP contribution in [0.1, 0.15) is 19.8 Å². The zero-order valence-electron chi connectivity index (χ0n) is 13.7. The molecule has 2 N–H and O–H groups in total. The molecule has 10 heteroatoms. The molecule has 3 rings (SSSR count). The van der Waals surface area contributed by atoms with Gasteiger partial charge in [0.25, 0.3) is 5.91 Å². The summed E-state index contributed by atoms with van der Waals surface area (Å²) in [5.74, 6) is -1.44. The van der Waals surface area contributed by atoms with E-state index >= 15 is 0 Å². The Labute approximate surface area is 146 Å². The molecule has 7 nitrogen and oxygen atoms in total. The van der Waals surface area contributed by atoms with Gasteiger partial charge in [0, 0.05) is 5.69 Å². The first-order valence-corrected chi connectivity index (χ1v) is 7.88. The first kappa shape index (κ1) is 18.0. The average molecular weight is 371 g/mol. The largest absolute Gasteiger partial charge is 0.573 e. The standard InChI is InChI=1S/C16H16F3N3O4/c1-15(9-2-3-9)13(24)22(14(25)21-15)8-12(23)20-10-4-6-11(7-5-10)26-16(17,18)19/h4-7,9H,2-3,8H2,1H3,(H,20,23)(H,21,25)/t15-/m1/s1. The fourth-order valence-electron chi connectivity index (χ4n) is 2.88.